The van der Waals surface area contributed by atoms with Crippen molar-refractivity contribution in [2.75, 3.05) is 14.1 Å². The average Bonchev–Trinajstić information content (AvgIpc) is 2.38. The molecule has 1 N–H and O–H groups in total. The molecule has 0 radical (unpaired) electrons. The number of likely N-dealkylation sites (N-methyl/N-ethyl adjacent to an activating group) is 2. The Morgan fingerprint density at radius 1 is 1.37 bits per heavy atom. The van der Waals surface area contributed by atoms with Crippen molar-refractivity contribution in [1.29, 1.82) is 0 Å². The summed E-state index contributed by atoms with van der Waals surface area (Å²) in [6.07, 6.45) is 3.92. The Kier molecular flexibility index (Phi) is 4.94. The average molecular weight is 261 g/mol. The molecule has 1 heterocycles. The maximum atomic E-state index is 4.62. The van der Waals surface area contributed by atoms with E-state index >= 15 is 0 Å². The van der Waals surface area contributed by atoms with E-state index in [0.717, 1.165) is 18.2 Å². The number of aromatic nitrogens is 1. The zero-order valence-corrected chi connectivity index (χ0v) is 12.7. The topological polar surface area (TPSA) is 28.2 Å². The molecule has 1 saturated carbocycles. The van der Waals surface area contributed by atoms with Gasteiger partial charge in [-0.2, -0.15) is 0 Å². The second kappa shape index (κ2) is 6.49. The molecule has 3 heteroatoms. The molecular formula is C16H27N3. The SMILES string of the molecule is CNC1CCC(C)CC1N(C)Cc1cccc(C)n1. The number of nitrogens with one attached hydrogen (secondary N) is 1. The fraction of sp³-hybridized carbons (Fsp3) is 0.688. The fourth-order valence-corrected chi connectivity index (χ4v) is 3.24. The van der Waals surface area contributed by atoms with E-state index in [0.29, 0.717) is 12.1 Å². The molecule has 19 heavy (non-hydrogen) atoms. The van der Waals surface area contributed by atoms with Gasteiger partial charge in [-0.25, -0.2) is 0 Å². The van der Waals surface area contributed by atoms with E-state index in [1.165, 1.54) is 25.0 Å². The van der Waals surface area contributed by atoms with E-state index in [-0.39, 0.29) is 0 Å². The highest BCUT2D eigenvalue weighted by atomic mass is 15.2. The van der Waals surface area contributed by atoms with Crippen molar-refractivity contribution in [3.05, 3.63) is 29.6 Å². The van der Waals surface area contributed by atoms with Crippen LogP contribution in [0.1, 0.15) is 37.6 Å². The Labute approximate surface area is 117 Å². The molecule has 0 spiro atoms. The van der Waals surface area contributed by atoms with Crippen LogP contribution in [0.2, 0.25) is 0 Å². The first-order valence-electron chi connectivity index (χ1n) is 7.40. The molecule has 3 nitrogen and oxygen atoms in total. The van der Waals surface area contributed by atoms with E-state index < -0.39 is 0 Å². The highest BCUT2D eigenvalue weighted by molar-refractivity contribution is 5.10. The first-order chi connectivity index (χ1) is 9.10. The standard InChI is InChI=1S/C16H27N3/c1-12-8-9-15(17-3)16(10-12)19(4)11-14-7-5-6-13(2)18-14/h5-7,12,15-17H,8-11H2,1-4H3. The van der Waals surface area contributed by atoms with Crippen molar-refractivity contribution >= 4 is 0 Å². The van der Waals surface area contributed by atoms with Crippen LogP contribution in [0.4, 0.5) is 0 Å². The molecule has 1 aromatic heterocycles. The van der Waals surface area contributed by atoms with E-state index in [4.69, 9.17) is 0 Å². The minimum atomic E-state index is 0.617. The number of rotatable bonds is 4. The molecule has 0 amide bonds. The molecule has 0 aromatic carbocycles. The molecule has 3 atom stereocenters. The summed E-state index contributed by atoms with van der Waals surface area (Å²) in [6.45, 7) is 5.37. The predicted molar refractivity (Wildman–Crippen MR) is 80.1 cm³/mol. The van der Waals surface area contributed by atoms with Gasteiger partial charge >= 0.3 is 0 Å². The third-order valence-electron chi connectivity index (χ3n) is 4.37. The largest absolute Gasteiger partial charge is 0.315 e. The van der Waals surface area contributed by atoms with Crippen molar-refractivity contribution in [3.63, 3.8) is 0 Å². The van der Waals surface area contributed by atoms with Crippen molar-refractivity contribution in [2.24, 2.45) is 5.92 Å². The van der Waals surface area contributed by atoms with Crippen LogP contribution in [-0.4, -0.2) is 36.1 Å². The molecule has 2 rings (SSSR count). The van der Waals surface area contributed by atoms with E-state index in [2.05, 4.69) is 61.3 Å². The summed E-state index contributed by atoms with van der Waals surface area (Å²) in [4.78, 5) is 7.09. The maximum absolute atomic E-state index is 4.62. The van der Waals surface area contributed by atoms with Gasteiger partial charge < -0.3 is 5.32 Å². The van der Waals surface area contributed by atoms with E-state index in [1.807, 2.05) is 0 Å². The van der Waals surface area contributed by atoms with E-state index in [9.17, 15) is 0 Å². The molecule has 0 aliphatic heterocycles. The fourth-order valence-electron chi connectivity index (χ4n) is 3.24. The smallest absolute Gasteiger partial charge is 0.0547 e. The molecular weight excluding hydrogens is 234 g/mol. The molecule has 3 unspecified atom stereocenters. The maximum Gasteiger partial charge on any atom is 0.0547 e. The lowest BCUT2D eigenvalue weighted by molar-refractivity contribution is 0.121. The van der Waals surface area contributed by atoms with Gasteiger partial charge in [0.2, 0.25) is 0 Å². The van der Waals surface area contributed by atoms with Crippen LogP contribution in [0.25, 0.3) is 0 Å². The summed E-state index contributed by atoms with van der Waals surface area (Å²) in [6, 6.07) is 7.53. The lowest BCUT2D eigenvalue weighted by Gasteiger charge is -2.40. The highest BCUT2D eigenvalue weighted by Crippen LogP contribution is 2.27. The number of hydrogen-bond acceptors (Lipinski definition) is 3. The Hall–Kier alpha value is -0.930. The summed E-state index contributed by atoms with van der Waals surface area (Å²) >= 11 is 0. The molecule has 1 aromatic rings. The van der Waals surface area contributed by atoms with Crippen LogP contribution < -0.4 is 5.32 Å². The number of nitrogens with zero attached hydrogens (tertiary/aromatic N) is 2. The van der Waals surface area contributed by atoms with Crippen LogP contribution in [-0.2, 0) is 6.54 Å². The van der Waals surface area contributed by atoms with Gasteiger partial charge in [-0.05, 0) is 58.3 Å². The summed E-state index contributed by atoms with van der Waals surface area (Å²) in [5, 5.41) is 3.49. The highest BCUT2D eigenvalue weighted by Gasteiger charge is 2.30. The predicted octanol–water partition coefficient (Wildman–Crippen LogP) is 2.60. The molecule has 0 saturated heterocycles. The Balaban J connectivity index is 2.02. The second-order valence-electron chi connectivity index (χ2n) is 6.07. The van der Waals surface area contributed by atoms with E-state index in [1.54, 1.807) is 0 Å². The molecule has 1 aliphatic rings. The van der Waals surface area contributed by atoms with Gasteiger partial charge in [-0.1, -0.05) is 13.0 Å². The summed E-state index contributed by atoms with van der Waals surface area (Å²) in [5.41, 5.74) is 2.28. The Morgan fingerprint density at radius 2 is 2.16 bits per heavy atom. The van der Waals surface area contributed by atoms with Crippen molar-refractivity contribution in [3.8, 4) is 0 Å². The van der Waals surface area contributed by atoms with Gasteiger partial charge in [0.05, 0.1) is 5.69 Å². The normalized spacial score (nSPS) is 27.7. The third kappa shape index (κ3) is 3.77. The van der Waals surface area contributed by atoms with Crippen LogP contribution in [0.3, 0.4) is 0 Å². The minimum absolute atomic E-state index is 0.617. The lowest BCUT2D eigenvalue weighted by Crippen LogP contribution is -2.50. The first kappa shape index (κ1) is 14.5. The lowest BCUT2D eigenvalue weighted by atomic mass is 9.82. The van der Waals surface area contributed by atoms with Crippen molar-refractivity contribution in [1.82, 2.24) is 15.2 Å². The quantitative estimate of drug-likeness (QED) is 0.903. The van der Waals surface area contributed by atoms with Crippen LogP contribution >= 0.6 is 0 Å². The molecule has 1 fully saturated rings. The van der Waals surface area contributed by atoms with Gasteiger partial charge in [-0.3, -0.25) is 9.88 Å². The van der Waals surface area contributed by atoms with Gasteiger partial charge in [-0.15, -0.1) is 0 Å². The third-order valence-corrected chi connectivity index (χ3v) is 4.37. The van der Waals surface area contributed by atoms with Gasteiger partial charge in [0.1, 0.15) is 0 Å². The monoisotopic (exact) mass is 261 g/mol. The van der Waals surface area contributed by atoms with Crippen LogP contribution in [0, 0.1) is 12.8 Å². The Morgan fingerprint density at radius 3 is 2.84 bits per heavy atom. The van der Waals surface area contributed by atoms with Crippen molar-refractivity contribution < 1.29 is 0 Å². The number of pyridine rings is 1. The zero-order valence-electron chi connectivity index (χ0n) is 12.7. The number of aryl methyl sites for hydroxylation is 1. The second-order valence-corrected chi connectivity index (χ2v) is 6.07. The first-order valence-corrected chi connectivity index (χ1v) is 7.40. The van der Waals surface area contributed by atoms with Gasteiger partial charge in [0.25, 0.3) is 0 Å². The zero-order chi connectivity index (χ0) is 13.8. The van der Waals surface area contributed by atoms with Crippen LogP contribution in [0.5, 0.6) is 0 Å². The summed E-state index contributed by atoms with van der Waals surface area (Å²) < 4.78 is 0. The molecule has 1 aliphatic carbocycles. The Bertz CT molecular complexity index is 405. The van der Waals surface area contributed by atoms with Crippen LogP contribution in [0.15, 0.2) is 18.2 Å². The van der Waals surface area contributed by atoms with Gasteiger partial charge in [0, 0.05) is 24.3 Å². The molecule has 106 valence electrons. The number of hydrogen-bond donors (Lipinski definition) is 1. The summed E-state index contributed by atoms with van der Waals surface area (Å²) in [5.74, 6) is 0.836. The van der Waals surface area contributed by atoms with Gasteiger partial charge in [0.15, 0.2) is 0 Å². The summed E-state index contributed by atoms with van der Waals surface area (Å²) in [7, 11) is 4.32. The van der Waals surface area contributed by atoms with Crippen molar-refractivity contribution in [2.45, 2.75) is 51.7 Å². The molecule has 0 bridgehead atoms. The minimum Gasteiger partial charge on any atom is -0.315 e.